The highest BCUT2D eigenvalue weighted by molar-refractivity contribution is 14.1. The van der Waals surface area contributed by atoms with Crippen molar-refractivity contribution < 1.29 is 26.7 Å². The Labute approximate surface area is 101 Å². The molecule has 8 heteroatoms. The van der Waals surface area contributed by atoms with E-state index in [0.717, 1.165) is 13.2 Å². The van der Waals surface area contributed by atoms with E-state index in [0.29, 0.717) is 0 Å². The van der Waals surface area contributed by atoms with Crippen LogP contribution >= 0.6 is 22.6 Å². The highest BCUT2D eigenvalue weighted by Crippen LogP contribution is 2.37. The molecule has 0 aromatic carbocycles. The van der Waals surface area contributed by atoms with E-state index >= 15 is 0 Å². The molecule has 0 radical (unpaired) electrons. The van der Waals surface area contributed by atoms with Gasteiger partial charge in [0, 0.05) is 11.6 Å². The molecule has 2 nitrogen and oxygen atoms in total. The fourth-order valence-corrected chi connectivity index (χ4v) is 1.79. The molecule has 90 valence electrons. The summed E-state index contributed by atoms with van der Waals surface area (Å²) in [4.78, 5) is 3.12. The van der Waals surface area contributed by atoms with Crippen LogP contribution in [0.2, 0.25) is 0 Å². The van der Waals surface area contributed by atoms with E-state index in [1.807, 2.05) is 0 Å². The Hall–Kier alpha value is -0.670. The molecule has 0 N–H and O–H groups in total. The molecular formula is C8H5F5INO. The zero-order valence-corrected chi connectivity index (χ0v) is 9.94. The summed E-state index contributed by atoms with van der Waals surface area (Å²) in [7, 11) is 1.06. The molecule has 1 heterocycles. The fraction of sp³-hybridized carbons (Fsp3) is 0.375. The molecule has 0 aliphatic rings. The maximum Gasteiger partial charge on any atom is 0.434 e. The van der Waals surface area contributed by atoms with Gasteiger partial charge in [-0.3, -0.25) is 0 Å². The topological polar surface area (TPSA) is 22.1 Å². The summed E-state index contributed by atoms with van der Waals surface area (Å²) in [5.41, 5.74) is -2.09. The van der Waals surface area contributed by atoms with Crippen LogP contribution in [0.4, 0.5) is 22.0 Å². The molecule has 0 aliphatic carbocycles. The Balaban J connectivity index is 3.44. The molecule has 0 saturated carbocycles. The van der Waals surface area contributed by atoms with Crippen LogP contribution < -0.4 is 4.74 Å². The van der Waals surface area contributed by atoms with E-state index in [4.69, 9.17) is 0 Å². The molecule has 0 aliphatic heterocycles. The van der Waals surface area contributed by atoms with E-state index in [-0.39, 0.29) is 0 Å². The lowest BCUT2D eigenvalue weighted by Crippen LogP contribution is -2.13. The van der Waals surface area contributed by atoms with Gasteiger partial charge in [0.05, 0.1) is 10.7 Å². The van der Waals surface area contributed by atoms with E-state index in [9.17, 15) is 22.0 Å². The quantitative estimate of drug-likeness (QED) is 0.598. The number of rotatable bonds is 2. The summed E-state index contributed by atoms with van der Waals surface area (Å²) in [6, 6.07) is 0.793. The van der Waals surface area contributed by atoms with Gasteiger partial charge < -0.3 is 4.74 Å². The van der Waals surface area contributed by atoms with Gasteiger partial charge in [-0.2, -0.15) is 13.2 Å². The molecule has 0 amide bonds. The molecule has 0 fully saturated rings. The summed E-state index contributed by atoms with van der Waals surface area (Å²) in [5, 5.41) is 0. The van der Waals surface area contributed by atoms with Crippen molar-refractivity contribution in [2.45, 2.75) is 12.6 Å². The zero-order chi connectivity index (χ0) is 12.5. The summed E-state index contributed by atoms with van der Waals surface area (Å²) in [6.45, 7) is 0. The van der Waals surface area contributed by atoms with Crippen LogP contribution in [0.1, 0.15) is 17.7 Å². The first-order chi connectivity index (χ1) is 7.27. The molecule has 1 aromatic heterocycles. The minimum absolute atomic E-state index is 0.483. The maximum atomic E-state index is 12.5. The maximum absolute atomic E-state index is 12.5. The predicted molar refractivity (Wildman–Crippen MR) is 53.5 cm³/mol. The second-order valence-electron chi connectivity index (χ2n) is 2.71. The Bertz CT molecular complexity index is 393. The van der Waals surface area contributed by atoms with Gasteiger partial charge >= 0.3 is 6.18 Å². The minimum Gasteiger partial charge on any atom is -0.481 e. The second kappa shape index (κ2) is 4.68. The van der Waals surface area contributed by atoms with E-state index in [2.05, 4.69) is 9.72 Å². The Morgan fingerprint density at radius 1 is 1.38 bits per heavy atom. The van der Waals surface area contributed by atoms with Crippen LogP contribution in [-0.4, -0.2) is 12.1 Å². The first-order valence-corrected chi connectivity index (χ1v) is 4.95. The van der Waals surface area contributed by atoms with E-state index in [1.165, 1.54) is 22.6 Å². The van der Waals surface area contributed by atoms with Crippen LogP contribution in [0.5, 0.6) is 5.88 Å². The molecule has 0 saturated heterocycles. The van der Waals surface area contributed by atoms with E-state index < -0.39 is 33.3 Å². The van der Waals surface area contributed by atoms with Crippen molar-refractivity contribution in [2.24, 2.45) is 0 Å². The molecule has 1 aromatic rings. The van der Waals surface area contributed by atoms with Crippen LogP contribution in [0.25, 0.3) is 0 Å². The van der Waals surface area contributed by atoms with Gasteiger partial charge in [-0.1, -0.05) is 0 Å². The van der Waals surface area contributed by atoms with Crippen LogP contribution in [0.15, 0.2) is 6.07 Å². The smallest absolute Gasteiger partial charge is 0.434 e. The number of hydrogen-bond acceptors (Lipinski definition) is 2. The number of aromatic nitrogens is 1. The van der Waals surface area contributed by atoms with Gasteiger partial charge in [0.2, 0.25) is 5.88 Å². The lowest BCUT2D eigenvalue weighted by atomic mass is 10.2. The highest BCUT2D eigenvalue weighted by atomic mass is 127. The van der Waals surface area contributed by atoms with Crippen molar-refractivity contribution in [1.29, 1.82) is 0 Å². The third kappa shape index (κ3) is 2.71. The van der Waals surface area contributed by atoms with Crippen molar-refractivity contribution in [3.8, 4) is 5.88 Å². The Morgan fingerprint density at radius 2 is 1.94 bits per heavy atom. The number of ether oxygens (including phenoxy) is 1. The van der Waals surface area contributed by atoms with Gasteiger partial charge in [0.25, 0.3) is 6.43 Å². The number of pyridine rings is 1. The van der Waals surface area contributed by atoms with Gasteiger partial charge in [-0.15, -0.1) is 0 Å². The molecule has 0 bridgehead atoms. The number of halogens is 6. The van der Waals surface area contributed by atoms with Crippen molar-refractivity contribution >= 4 is 22.6 Å². The standard InChI is InChI=1S/C8H5F5INO/c1-16-4-2-3(7(9)10)5(14)6(15-4)8(11,12)13/h2,7H,1H3. The van der Waals surface area contributed by atoms with Gasteiger partial charge in [-0.05, 0) is 22.6 Å². The first kappa shape index (κ1) is 13.4. The second-order valence-corrected chi connectivity index (χ2v) is 3.79. The van der Waals surface area contributed by atoms with Crippen molar-refractivity contribution in [1.82, 2.24) is 4.98 Å². The summed E-state index contributed by atoms with van der Waals surface area (Å²) < 4.78 is 66.1. The normalized spacial score (nSPS) is 12.0. The lowest BCUT2D eigenvalue weighted by Gasteiger charge is -2.13. The fourth-order valence-electron chi connectivity index (χ4n) is 0.976. The lowest BCUT2D eigenvalue weighted by molar-refractivity contribution is -0.142. The molecule has 0 atom stereocenters. The van der Waals surface area contributed by atoms with Crippen molar-refractivity contribution in [3.05, 3.63) is 20.9 Å². The van der Waals surface area contributed by atoms with Crippen LogP contribution in [0, 0.1) is 3.57 Å². The number of nitrogens with zero attached hydrogens (tertiary/aromatic N) is 1. The van der Waals surface area contributed by atoms with Gasteiger partial charge in [0.1, 0.15) is 0 Å². The third-order valence-corrected chi connectivity index (χ3v) is 2.81. The third-order valence-electron chi connectivity index (χ3n) is 1.68. The number of alkyl halides is 5. The first-order valence-electron chi connectivity index (χ1n) is 3.87. The monoisotopic (exact) mass is 353 g/mol. The van der Waals surface area contributed by atoms with Crippen LogP contribution in [0.3, 0.4) is 0 Å². The summed E-state index contributed by atoms with van der Waals surface area (Å²) in [5.74, 6) is -0.483. The Morgan fingerprint density at radius 3 is 2.31 bits per heavy atom. The SMILES string of the molecule is COc1cc(C(F)F)c(I)c(C(F)(F)F)n1. The van der Waals surface area contributed by atoms with Crippen LogP contribution in [-0.2, 0) is 6.18 Å². The molecule has 0 spiro atoms. The largest absolute Gasteiger partial charge is 0.481 e. The van der Waals surface area contributed by atoms with Gasteiger partial charge in [0.15, 0.2) is 5.69 Å². The molecule has 0 unspecified atom stereocenters. The highest BCUT2D eigenvalue weighted by Gasteiger charge is 2.37. The molecular weight excluding hydrogens is 348 g/mol. The molecule has 16 heavy (non-hydrogen) atoms. The van der Waals surface area contributed by atoms with Crippen molar-refractivity contribution in [2.75, 3.05) is 7.11 Å². The number of hydrogen-bond donors (Lipinski definition) is 0. The minimum atomic E-state index is -4.78. The van der Waals surface area contributed by atoms with Crippen molar-refractivity contribution in [3.63, 3.8) is 0 Å². The van der Waals surface area contributed by atoms with E-state index in [1.54, 1.807) is 0 Å². The molecule has 1 rings (SSSR count). The Kier molecular flexibility index (Phi) is 3.92. The van der Waals surface area contributed by atoms with Gasteiger partial charge in [-0.25, -0.2) is 13.8 Å². The predicted octanol–water partition coefficient (Wildman–Crippen LogP) is 3.65. The summed E-state index contributed by atoms with van der Waals surface area (Å²) >= 11 is 1.20. The number of methoxy groups -OCH3 is 1. The average Bonchev–Trinajstić information content (AvgIpc) is 2.15. The average molecular weight is 353 g/mol. The zero-order valence-electron chi connectivity index (χ0n) is 7.78. The summed E-state index contributed by atoms with van der Waals surface area (Å²) in [6.07, 6.45) is -7.79.